The van der Waals surface area contributed by atoms with Gasteiger partial charge in [-0.25, -0.2) is 0 Å². The molecule has 1 aliphatic rings. The fourth-order valence-electron chi connectivity index (χ4n) is 2.03. The summed E-state index contributed by atoms with van der Waals surface area (Å²) in [5, 5.41) is 9.09. The molecule has 0 radical (unpaired) electrons. The lowest BCUT2D eigenvalue weighted by Gasteiger charge is -2.34. The molecular weight excluding hydrogens is 282 g/mol. The van der Waals surface area contributed by atoms with Gasteiger partial charge in [0.15, 0.2) is 0 Å². The normalized spacial score (nSPS) is 16.4. The fraction of sp³-hybridized carbons (Fsp3) is 0.750. The molecule has 112 valence electrons. The number of nitrogens with zero attached hydrogens (tertiary/aromatic N) is 5. The Balaban J connectivity index is 2.00. The summed E-state index contributed by atoms with van der Waals surface area (Å²) in [5.74, 6) is 0.555. The largest absolute Gasteiger partial charge is 0.463 e. The Bertz CT molecular complexity index is 426. The molecule has 1 saturated heterocycles. The van der Waals surface area contributed by atoms with E-state index in [1.165, 1.54) is 0 Å². The fourth-order valence-corrected chi connectivity index (χ4v) is 2.18. The van der Waals surface area contributed by atoms with Gasteiger partial charge in [0, 0.05) is 32.7 Å². The van der Waals surface area contributed by atoms with Crippen molar-refractivity contribution in [2.24, 2.45) is 0 Å². The van der Waals surface area contributed by atoms with Crippen LogP contribution in [-0.4, -0.2) is 70.9 Å². The van der Waals surface area contributed by atoms with E-state index in [0.29, 0.717) is 19.1 Å². The molecule has 1 fully saturated rings. The van der Waals surface area contributed by atoms with Crippen LogP contribution < -0.4 is 9.64 Å². The Kier molecular flexibility index (Phi) is 5.75. The van der Waals surface area contributed by atoms with Gasteiger partial charge in [-0.3, -0.25) is 4.90 Å². The lowest BCUT2D eigenvalue weighted by Crippen LogP contribution is -2.47. The molecule has 2 heterocycles. The van der Waals surface area contributed by atoms with Crippen LogP contribution in [0.2, 0.25) is 5.28 Å². The van der Waals surface area contributed by atoms with E-state index in [4.69, 9.17) is 21.4 Å². The third kappa shape index (κ3) is 4.16. The number of ether oxygens (including phenoxy) is 1. The molecule has 1 aliphatic heterocycles. The van der Waals surface area contributed by atoms with Crippen LogP contribution in [0, 0.1) is 0 Å². The first-order valence-electron chi connectivity index (χ1n) is 6.85. The van der Waals surface area contributed by atoms with Crippen molar-refractivity contribution in [1.29, 1.82) is 0 Å². The van der Waals surface area contributed by atoms with Crippen molar-refractivity contribution in [2.45, 2.75) is 13.3 Å². The van der Waals surface area contributed by atoms with Gasteiger partial charge in [-0.1, -0.05) is 6.92 Å². The standard InChI is InChI=1S/C12H20ClN5O2/c1-2-9-20-12-15-10(13)14-11(16-12)18-5-3-17(4-6-18)7-8-19/h19H,2-9H2,1H3. The first-order valence-corrected chi connectivity index (χ1v) is 7.23. The van der Waals surface area contributed by atoms with E-state index in [0.717, 1.165) is 32.6 Å². The van der Waals surface area contributed by atoms with Gasteiger partial charge in [-0.2, -0.15) is 15.0 Å². The smallest absolute Gasteiger partial charge is 0.322 e. The highest BCUT2D eigenvalue weighted by atomic mass is 35.5. The summed E-state index contributed by atoms with van der Waals surface area (Å²) in [5.41, 5.74) is 0. The third-order valence-electron chi connectivity index (χ3n) is 3.08. The van der Waals surface area contributed by atoms with Crippen LogP contribution in [0.1, 0.15) is 13.3 Å². The van der Waals surface area contributed by atoms with Crippen molar-refractivity contribution in [3.63, 3.8) is 0 Å². The maximum Gasteiger partial charge on any atom is 0.322 e. The summed E-state index contributed by atoms with van der Waals surface area (Å²) in [6.07, 6.45) is 0.887. The SMILES string of the molecule is CCCOc1nc(Cl)nc(N2CCN(CCO)CC2)n1. The van der Waals surface area contributed by atoms with Crippen molar-refractivity contribution in [1.82, 2.24) is 19.9 Å². The minimum absolute atomic E-state index is 0.152. The Morgan fingerprint density at radius 3 is 2.60 bits per heavy atom. The highest BCUT2D eigenvalue weighted by molar-refractivity contribution is 6.28. The highest BCUT2D eigenvalue weighted by Gasteiger charge is 2.20. The zero-order valence-electron chi connectivity index (χ0n) is 11.6. The second-order valence-corrected chi connectivity index (χ2v) is 4.93. The molecule has 2 rings (SSSR count). The van der Waals surface area contributed by atoms with E-state index in [1.54, 1.807) is 0 Å². The second kappa shape index (κ2) is 7.56. The van der Waals surface area contributed by atoms with Gasteiger partial charge in [-0.15, -0.1) is 0 Å². The van der Waals surface area contributed by atoms with E-state index >= 15 is 0 Å². The minimum atomic E-state index is 0.152. The van der Waals surface area contributed by atoms with Gasteiger partial charge in [0.2, 0.25) is 11.2 Å². The molecule has 0 aliphatic carbocycles. The van der Waals surface area contributed by atoms with Crippen LogP contribution in [0.25, 0.3) is 0 Å². The number of rotatable bonds is 6. The van der Waals surface area contributed by atoms with Crippen LogP contribution >= 0.6 is 11.6 Å². The minimum Gasteiger partial charge on any atom is -0.463 e. The summed E-state index contributed by atoms with van der Waals surface area (Å²) in [6.45, 7) is 6.81. The van der Waals surface area contributed by atoms with Crippen molar-refractivity contribution in [2.75, 3.05) is 50.8 Å². The van der Waals surface area contributed by atoms with Crippen LogP contribution in [0.3, 0.4) is 0 Å². The molecule has 1 aromatic heterocycles. The average Bonchev–Trinajstić information content (AvgIpc) is 2.46. The quantitative estimate of drug-likeness (QED) is 0.816. The lowest BCUT2D eigenvalue weighted by atomic mass is 10.3. The molecule has 7 nitrogen and oxygen atoms in total. The molecule has 0 saturated carbocycles. The summed E-state index contributed by atoms with van der Waals surface area (Å²) < 4.78 is 5.41. The molecule has 0 aromatic carbocycles. The summed E-state index contributed by atoms with van der Waals surface area (Å²) in [7, 11) is 0. The zero-order valence-corrected chi connectivity index (χ0v) is 12.4. The number of piperazine rings is 1. The van der Waals surface area contributed by atoms with Crippen LogP contribution in [0.15, 0.2) is 0 Å². The molecule has 0 amide bonds. The number of aromatic nitrogens is 3. The summed E-state index contributed by atoms with van der Waals surface area (Å²) in [4.78, 5) is 16.7. The number of halogens is 1. The predicted molar refractivity (Wildman–Crippen MR) is 76.4 cm³/mol. The monoisotopic (exact) mass is 301 g/mol. The maximum absolute atomic E-state index is 8.93. The van der Waals surface area contributed by atoms with Gasteiger partial charge >= 0.3 is 6.01 Å². The topological polar surface area (TPSA) is 74.6 Å². The first kappa shape index (κ1) is 15.2. The van der Waals surface area contributed by atoms with Gasteiger partial charge in [0.25, 0.3) is 0 Å². The van der Waals surface area contributed by atoms with Gasteiger partial charge in [0.05, 0.1) is 13.2 Å². The number of hydrogen-bond acceptors (Lipinski definition) is 7. The maximum atomic E-state index is 8.93. The number of aliphatic hydroxyl groups is 1. The van der Waals surface area contributed by atoms with Gasteiger partial charge in [-0.05, 0) is 18.0 Å². The van der Waals surface area contributed by atoms with E-state index in [-0.39, 0.29) is 17.9 Å². The number of aliphatic hydroxyl groups excluding tert-OH is 1. The predicted octanol–water partition coefficient (Wildman–Crippen LogP) is 0.428. The second-order valence-electron chi connectivity index (χ2n) is 4.59. The Morgan fingerprint density at radius 2 is 1.95 bits per heavy atom. The third-order valence-corrected chi connectivity index (χ3v) is 3.25. The number of hydrogen-bond donors (Lipinski definition) is 1. The van der Waals surface area contributed by atoms with Crippen molar-refractivity contribution in [3.05, 3.63) is 5.28 Å². The molecule has 0 bridgehead atoms. The van der Waals surface area contributed by atoms with Crippen molar-refractivity contribution in [3.8, 4) is 6.01 Å². The molecule has 20 heavy (non-hydrogen) atoms. The molecule has 0 unspecified atom stereocenters. The molecule has 1 aromatic rings. The molecule has 1 N–H and O–H groups in total. The number of β-amino-alcohol motifs (C(OH)–C–C–N with tert-alkyl or cyclic N) is 1. The Morgan fingerprint density at radius 1 is 1.20 bits per heavy atom. The molecular formula is C12H20ClN5O2. The lowest BCUT2D eigenvalue weighted by molar-refractivity contribution is 0.188. The molecule has 8 heteroatoms. The number of anilines is 1. The average molecular weight is 302 g/mol. The van der Waals surface area contributed by atoms with E-state index in [2.05, 4.69) is 24.8 Å². The first-order chi connectivity index (χ1) is 9.72. The highest BCUT2D eigenvalue weighted by Crippen LogP contribution is 2.16. The molecule has 0 spiro atoms. The van der Waals surface area contributed by atoms with E-state index in [1.807, 2.05) is 6.92 Å². The molecule has 0 atom stereocenters. The van der Waals surface area contributed by atoms with Crippen LogP contribution in [0.4, 0.5) is 5.95 Å². The summed E-state index contributed by atoms with van der Waals surface area (Å²) >= 11 is 5.91. The van der Waals surface area contributed by atoms with Crippen LogP contribution in [-0.2, 0) is 0 Å². The van der Waals surface area contributed by atoms with E-state index < -0.39 is 0 Å². The Labute approximate surface area is 123 Å². The van der Waals surface area contributed by atoms with E-state index in [9.17, 15) is 0 Å². The van der Waals surface area contributed by atoms with Crippen molar-refractivity contribution >= 4 is 17.5 Å². The van der Waals surface area contributed by atoms with Gasteiger partial charge in [0.1, 0.15) is 0 Å². The van der Waals surface area contributed by atoms with Gasteiger partial charge < -0.3 is 14.7 Å². The summed E-state index contributed by atoms with van der Waals surface area (Å²) in [6, 6.07) is 0.277. The van der Waals surface area contributed by atoms with Crippen LogP contribution in [0.5, 0.6) is 6.01 Å². The van der Waals surface area contributed by atoms with Crippen molar-refractivity contribution < 1.29 is 9.84 Å². The zero-order chi connectivity index (χ0) is 14.4. The Hall–Kier alpha value is -1.18.